The van der Waals surface area contributed by atoms with Crippen molar-refractivity contribution in [3.63, 3.8) is 0 Å². The first-order valence-corrected chi connectivity index (χ1v) is 11.8. The summed E-state index contributed by atoms with van der Waals surface area (Å²) in [5, 5.41) is 0. The third-order valence-electron chi connectivity index (χ3n) is 7.21. The lowest BCUT2D eigenvalue weighted by atomic mass is 9.74. The molecular formula is C25H30N2O6. The van der Waals surface area contributed by atoms with Gasteiger partial charge in [-0.15, -0.1) is 0 Å². The number of nitrogens with zero attached hydrogens (tertiary/aromatic N) is 1. The lowest BCUT2D eigenvalue weighted by Crippen LogP contribution is -2.41. The first-order valence-electron chi connectivity index (χ1n) is 11.8. The Morgan fingerprint density at radius 2 is 1.97 bits per heavy atom. The maximum absolute atomic E-state index is 13.7. The number of fused-ring (bicyclic) bond motifs is 1. The van der Waals surface area contributed by atoms with Gasteiger partial charge in [0.1, 0.15) is 11.9 Å². The van der Waals surface area contributed by atoms with Crippen molar-refractivity contribution in [1.82, 2.24) is 4.90 Å². The second-order valence-electron chi connectivity index (χ2n) is 9.61. The van der Waals surface area contributed by atoms with Crippen molar-refractivity contribution in [1.29, 1.82) is 0 Å². The van der Waals surface area contributed by atoms with Gasteiger partial charge in [-0.05, 0) is 55.7 Å². The van der Waals surface area contributed by atoms with Crippen molar-refractivity contribution in [3.05, 3.63) is 41.2 Å². The van der Waals surface area contributed by atoms with E-state index >= 15 is 0 Å². The number of nitrogens with two attached hydrogens (primary N) is 1. The molecule has 0 spiro atoms. The van der Waals surface area contributed by atoms with Gasteiger partial charge in [0.15, 0.2) is 18.1 Å². The van der Waals surface area contributed by atoms with E-state index in [1.54, 1.807) is 17.0 Å². The van der Waals surface area contributed by atoms with Crippen LogP contribution in [0.1, 0.15) is 50.6 Å². The predicted molar refractivity (Wildman–Crippen MR) is 118 cm³/mol. The molecule has 1 aromatic rings. The molecule has 1 aromatic carbocycles. The molecule has 0 aromatic heterocycles. The monoisotopic (exact) mass is 454 g/mol. The molecule has 3 aliphatic heterocycles. The zero-order chi connectivity index (χ0) is 23.1. The second-order valence-corrected chi connectivity index (χ2v) is 9.61. The van der Waals surface area contributed by atoms with Gasteiger partial charge in [0, 0.05) is 13.2 Å². The highest BCUT2D eigenvalue weighted by molar-refractivity contribution is 6.11. The van der Waals surface area contributed by atoms with Crippen LogP contribution in [0.5, 0.6) is 5.75 Å². The molecule has 8 heteroatoms. The van der Waals surface area contributed by atoms with Crippen LogP contribution in [0.15, 0.2) is 35.6 Å². The van der Waals surface area contributed by atoms with Crippen LogP contribution < -0.4 is 10.5 Å². The highest BCUT2D eigenvalue weighted by Crippen LogP contribution is 2.47. The molecule has 33 heavy (non-hydrogen) atoms. The minimum Gasteiger partial charge on any atom is -0.484 e. The minimum atomic E-state index is -0.556. The fourth-order valence-electron chi connectivity index (χ4n) is 5.57. The Hall–Kier alpha value is -2.87. The molecule has 1 aliphatic carbocycles. The van der Waals surface area contributed by atoms with Crippen molar-refractivity contribution >= 4 is 17.6 Å². The number of benzene rings is 1. The van der Waals surface area contributed by atoms with Gasteiger partial charge < -0.3 is 24.8 Å². The molecule has 5 atom stereocenters. The lowest BCUT2D eigenvalue weighted by Gasteiger charge is -2.37. The van der Waals surface area contributed by atoms with Crippen LogP contribution in [0.2, 0.25) is 0 Å². The number of hydrogen-bond acceptors (Lipinski definition) is 6. The van der Waals surface area contributed by atoms with Crippen molar-refractivity contribution < 1.29 is 28.6 Å². The van der Waals surface area contributed by atoms with Crippen molar-refractivity contribution in [2.24, 2.45) is 17.6 Å². The topological polar surface area (TPSA) is 108 Å². The van der Waals surface area contributed by atoms with Gasteiger partial charge in [-0.25, -0.2) is 0 Å². The van der Waals surface area contributed by atoms with Gasteiger partial charge in [0.2, 0.25) is 0 Å². The van der Waals surface area contributed by atoms with E-state index in [4.69, 9.17) is 19.9 Å². The van der Waals surface area contributed by atoms with Crippen molar-refractivity contribution in [2.75, 3.05) is 19.8 Å². The summed E-state index contributed by atoms with van der Waals surface area (Å²) in [6.07, 6.45) is 4.17. The van der Waals surface area contributed by atoms with Gasteiger partial charge in [0.05, 0.1) is 23.6 Å². The summed E-state index contributed by atoms with van der Waals surface area (Å²) in [5.74, 6) is 0.214. The van der Waals surface area contributed by atoms with E-state index in [0.717, 1.165) is 37.7 Å². The van der Waals surface area contributed by atoms with Crippen LogP contribution in [-0.2, 0) is 23.9 Å². The zero-order valence-electron chi connectivity index (χ0n) is 18.8. The standard InChI is InChI=1S/C25H30N2O6/c1-14-4-9-19-18(11-14)23(29)21-22(15-5-7-16(8-6-15)32-13-20(26)28)27(25(30)24(21)33-19)12-17-3-2-10-31-17/h5-8,14,17-19,22H,2-4,9-13H2,1H3,(H2,26,28). The molecule has 2 N–H and O–H groups in total. The molecular weight excluding hydrogens is 424 g/mol. The Labute approximate surface area is 193 Å². The number of primary amides is 1. The smallest absolute Gasteiger partial charge is 0.290 e. The Bertz CT molecular complexity index is 981. The molecule has 2 amide bonds. The molecule has 2 fully saturated rings. The van der Waals surface area contributed by atoms with E-state index in [0.29, 0.717) is 30.4 Å². The third kappa shape index (κ3) is 4.12. The van der Waals surface area contributed by atoms with E-state index in [1.807, 2.05) is 12.1 Å². The number of ketones is 1. The molecule has 8 nitrogen and oxygen atoms in total. The van der Waals surface area contributed by atoms with Gasteiger partial charge in [-0.2, -0.15) is 0 Å². The van der Waals surface area contributed by atoms with Crippen LogP contribution in [0.25, 0.3) is 0 Å². The number of ether oxygens (including phenoxy) is 3. The maximum Gasteiger partial charge on any atom is 0.290 e. The number of carbonyl (C=O) groups is 3. The average molecular weight is 455 g/mol. The number of Topliss-reactive ketones (excluding diaryl/α,β-unsaturated/α-hetero) is 1. The van der Waals surface area contributed by atoms with Gasteiger partial charge in [-0.1, -0.05) is 19.1 Å². The fourth-order valence-corrected chi connectivity index (χ4v) is 5.57. The summed E-state index contributed by atoms with van der Waals surface area (Å²) in [6.45, 7) is 3.06. The normalized spacial score (nSPS) is 31.3. The largest absolute Gasteiger partial charge is 0.484 e. The zero-order valence-corrected chi connectivity index (χ0v) is 18.8. The van der Waals surface area contributed by atoms with Crippen molar-refractivity contribution in [2.45, 2.75) is 57.3 Å². The van der Waals surface area contributed by atoms with Crippen LogP contribution >= 0.6 is 0 Å². The summed E-state index contributed by atoms with van der Waals surface area (Å²) in [6, 6.07) is 6.59. The van der Waals surface area contributed by atoms with E-state index in [-0.39, 0.29) is 42.2 Å². The molecule has 1 saturated carbocycles. The van der Waals surface area contributed by atoms with Crippen LogP contribution in [0, 0.1) is 11.8 Å². The predicted octanol–water partition coefficient (Wildman–Crippen LogP) is 2.27. The third-order valence-corrected chi connectivity index (χ3v) is 7.21. The number of carbonyl (C=O) groups excluding carboxylic acids is 3. The average Bonchev–Trinajstić information content (AvgIpc) is 3.41. The first kappa shape index (κ1) is 21.9. The summed E-state index contributed by atoms with van der Waals surface area (Å²) in [4.78, 5) is 40.0. The number of amides is 2. The SMILES string of the molecule is CC1CCC2OC3=C(C(=O)C2C1)C(c1ccc(OCC(N)=O)cc1)N(CC1CCCO1)C3=O. The number of rotatable bonds is 6. The Balaban J connectivity index is 1.48. The maximum atomic E-state index is 13.7. The van der Waals surface area contributed by atoms with E-state index in [2.05, 4.69) is 6.92 Å². The van der Waals surface area contributed by atoms with Gasteiger partial charge in [-0.3, -0.25) is 14.4 Å². The minimum absolute atomic E-state index is 0.0371. The first-order chi connectivity index (χ1) is 15.9. The van der Waals surface area contributed by atoms with E-state index in [1.165, 1.54) is 0 Å². The molecule has 5 rings (SSSR count). The summed E-state index contributed by atoms with van der Waals surface area (Å²) < 4.78 is 17.4. The molecule has 5 unspecified atom stereocenters. The molecule has 4 aliphatic rings. The molecule has 3 heterocycles. The quantitative estimate of drug-likeness (QED) is 0.707. The van der Waals surface area contributed by atoms with Crippen LogP contribution in [0.4, 0.5) is 0 Å². The second kappa shape index (κ2) is 8.82. The van der Waals surface area contributed by atoms with E-state index in [9.17, 15) is 14.4 Å². The summed E-state index contributed by atoms with van der Waals surface area (Å²) in [7, 11) is 0. The van der Waals surface area contributed by atoms with Gasteiger partial charge in [0.25, 0.3) is 11.8 Å². The fraction of sp³-hybridized carbons (Fsp3) is 0.560. The summed E-state index contributed by atoms with van der Waals surface area (Å²) >= 11 is 0. The Kier molecular flexibility index (Phi) is 5.86. The van der Waals surface area contributed by atoms with Gasteiger partial charge >= 0.3 is 0 Å². The summed E-state index contributed by atoms with van der Waals surface area (Å²) in [5.41, 5.74) is 6.43. The highest BCUT2D eigenvalue weighted by Gasteiger charge is 2.52. The van der Waals surface area contributed by atoms with E-state index < -0.39 is 11.9 Å². The Morgan fingerprint density at radius 1 is 1.18 bits per heavy atom. The Morgan fingerprint density at radius 3 is 2.67 bits per heavy atom. The van der Waals surface area contributed by atoms with Crippen LogP contribution in [0.3, 0.4) is 0 Å². The molecule has 0 bridgehead atoms. The molecule has 176 valence electrons. The lowest BCUT2D eigenvalue weighted by molar-refractivity contribution is -0.136. The van der Waals surface area contributed by atoms with Crippen molar-refractivity contribution in [3.8, 4) is 5.75 Å². The highest BCUT2D eigenvalue weighted by atomic mass is 16.5. The molecule has 0 radical (unpaired) electrons. The molecule has 1 saturated heterocycles. The van der Waals surface area contributed by atoms with Crippen LogP contribution in [-0.4, -0.2) is 54.5 Å². The number of hydrogen-bond donors (Lipinski definition) is 1.